The summed E-state index contributed by atoms with van der Waals surface area (Å²) in [7, 11) is 1.88. The Hall–Kier alpha value is -0.910. The van der Waals surface area contributed by atoms with Gasteiger partial charge in [0.15, 0.2) is 0 Å². The fourth-order valence-corrected chi connectivity index (χ4v) is 7.47. The lowest BCUT2D eigenvalue weighted by Gasteiger charge is -2.45. The monoisotopic (exact) mass is 519 g/mol. The molecule has 0 bridgehead atoms. The molecule has 37 heavy (non-hydrogen) atoms. The molecule has 5 heteroatoms. The number of nitrogens with two attached hydrogens (primary N) is 1. The minimum absolute atomic E-state index is 0.0252. The molecule has 0 spiro atoms. The van der Waals surface area contributed by atoms with Crippen molar-refractivity contribution < 1.29 is 9.57 Å². The highest BCUT2D eigenvalue weighted by atomic mass is 16.6. The van der Waals surface area contributed by atoms with E-state index in [-0.39, 0.29) is 35.0 Å². The number of hydrogen-bond donors (Lipinski definition) is 2. The smallest absolute Gasteiger partial charge is 0.139 e. The molecule has 0 amide bonds. The van der Waals surface area contributed by atoms with Crippen LogP contribution >= 0.6 is 0 Å². The first kappa shape index (κ1) is 32.3. The molecule has 1 heterocycles. The molecule has 9 atom stereocenters. The van der Waals surface area contributed by atoms with E-state index in [2.05, 4.69) is 74.2 Å². The summed E-state index contributed by atoms with van der Waals surface area (Å²) in [4.78, 5) is 6.23. The number of nitrogens with one attached hydrogen (secondary N) is 1. The molecule has 5 nitrogen and oxygen atoms in total. The van der Waals surface area contributed by atoms with Crippen molar-refractivity contribution in [1.29, 1.82) is 0 Å². The summed E-state index contributed by atoms with van der Waals surface area (Å²) in [6.45, 7) is 27.6. The van der Waals surface area contributed by atoms with Crippen molar-refractivity contribution in [3.63, 3.8) is 0 Å². The van der Waals surface area contributed by atoms with Gasteiger partial charge in [-0.3, -0.25) is 0 Å². The van der Waals surface area contributed by atoms with Crippen molar-refractivity contribution in [2.24, 2.45) is 51.3 Å². The number of hydrogen-bond acceptors (Lipinski definition) is 5. The van der Waals surface area contributed by atoms with Crippen LogP contribution in [0.1, 0.15) is 107 Å². The van der Waals surface area contributed by atoms with E-state index in [0.29, 0.717) is 23.7 Å². The maximum Gasteiger partial charge on any atom is 0.139 e. The Kier molecular flexibility index (Phi) is 12.2. The molecule has 3 N–H and O–H groups in total. The van der Waals surface area contributed by atoms with Gasteiger partial charge in [0.25, 0.3) is 0 Å². The van der Waals surface area contributed by atoms with Crippen molar-refractivity contribution >= 4 is 5.71 Å². The van der Waals surface area contributed by atoms with Gasteiger partial charge in [-0.05, 0) is 67.2 Å². The highest BCUT2D eigenvalue weighted by Crippen LogP contribution is 2.45. The quantitative estimate of drug-likeness (QED) is 0.297. The zero-order chi connectivity index (χ0) is 28.0. The number of nitrogens with zero attached hydrogens (tertiary/aromatic N) is 1. The van der Waals surface area contributed by atoms with E-state index in [0.717, 1.165) is 63.7 Å². The molecule has 1 aliphatic heterocycles. The van der Waals surface area contributed by atoms with Crippen molar-refractivity contribution in [1.82, 2.24) is 5.32 Å². The first-order valence-corrected chi connectivity index (χ1v) is 15.2. The van der Waals surface area contributed by atoms with Crippen LogP contribution in [-0.2, 0) is 9.57 Å². The SMILES string of the molecule is C=C1C[C@H](CC)C(C)(C)C(N)C(C)/C(=N/OC2CCCNC2)[C@H](C)C[C@@](C)(CC)C[C@@H](C)[C@H](OC)C1C. The molecule has 1 aliphatic carbocycles. The van der Waals surface area contributed by atoms with E-state index < -0.39 is 0 Å². The topological polar surface area (TPSA) is 68.9 Å². The van der Waals surface area contributed by atoms with Gasteiger partial charge in [0.2, 0.25) is 0 Å². The second kappa shape index (κ2) is 13.9. The fraction of sp³-hybridized carbons (Fsp3) is 0.906. The third-order valence-electron chi connectivity index (χ3n) is 10.4. The Morgan fingerprint density at radius 1 is 1.08 bits per heavy atom. The molecule has 0 aromatic heterocycles. The first-order valence-electron chi connectivity index (χ1n) is 15.2. The van der Waals surface area contributed by atoms with Crippen molar-refractivity contribution in [2.45, 2.75) is 126 Å². The second-order valence-electron chi connectivity index (χ2n) is 13.6. The van der Waals surface area contributed by atoms with Crippen LogP contribution in [0.3, 0.4) is 0 Å². The molecule has 4 unspecified atom stereocenters. The van der Waals surface area contributed by atoms with Crippen LogP contribution in [-0.4, -0.2) is 44.2 Å². The van der Waals surface area contributed by atoms with Crippen LogP contribution in [0.2, 0.25) is 0 Å². The molecular weight excluding hydrogens is 458 g/mol. The predicted octanol–water partition coefficient (Wildman–Crippen LogP) is 7.21. The standard InChI is InChI=1S/C32H61N3O2/c1-12-26-17-21(3)24(6)29(36-11)23(5)19-32(10,13-2)18-22(4)28(25(7)30(33)31(26,8)9)35-37-27-15-14-16-34-20-27/h22-27,29-30,34H,3,12-20,33H2,1-2,4-11H3/b35-28+/t22-,23-,24?,25?,26+,27?,29+,30?,32-/m1/s1. The number of methoxy groups -OCH3 is 1. The van der Waals surface area contributed by atoms with Gasteiger partial charge in [-0.2, -0.15) is 0 Å². The zero-order valence-electron chi connectivity index (χ0n) is 26.0. The maximum atomic E-state index is 7.19. The summed E-state index contributed by atoms with van der Waals surface area (Å²) < 4.78 is 6.16. The molecule has 1 saturated carbocycles. The number of piperidine rings is 1. The van der Waals surface area contributed by atoms with Gasteiger partial charge >= 0.3 is 0 Å². The van der Waals surface area contributed by atoms with Crippen molar-refractivity contribution in [2.75, 3.05) is 20.2 Å². The largest absolute Gasteiger partial charge is 0.391 e. The number of rotatable bonds is 5. The van der Waals surface area contributed by atoms with Gasteiger partial charge in [0.1, 0.15) is 6.10 Å². The molecule has 2 aliphatic rings. The third-order valence-corrected chi connectivity index (χ3v) is 10.4. The third kappa shape index (κ3) is 8.05. The molecule has 1 saturated heterocycles. The summed E-state index contributed by atoms with van der Waals surface area (Å²) in [6, 6.07) is -0.0252. The Bertz CT molecular complexity index is 744. The van der Waals surface area contributed by atoms with E-state index in [1.165, 1.54) is 5.57 Å². The average molecular weight is 520 g/mol. The van der Waals surface area contributed by atoms with Gasteiger partial charge < -0.3 is 20.6 Å². The average Bonchev–Trinajstić information content (AvgIpc) is 2.86. The van der Waals surface area contributed by atoms with Gasteiger partial charge in [-0.25, -0.2) is 0 Å². The van der Waals surface area contributed by atoms with Crippen molar-refractivity contribution in [3.05, 3.63) is 12.2 Å². The molecule has 2 rings (SSSR count). The van der Waals surface area contributed by atoms with Gasteiger partial charge in [-0.15, -0.1) is 0 Å². The summed E-state index contributed by atoms with van der Waals surface area (Å²) >= 11 is 0. The van der Waals surface area contributed by atoms with Crippen LogP contribution in [0.5, 0.6) is 0 Å². The minimum Gasteiger partial charge on any atom is -0.391 e. The Morgan fingerprint density at radius 3 is 2.30 bits per heavy atom. The van der Waals surface area contributed by atoms with E-state index in [1.54, 1.807) is 0 Å². The van der Waals surface area contributed by atoms with E-state index in [1.807, 2.05) is 7.11 Å². The lowest BCUT2D eigenvalue weighted by Crippen LogP contribution is -2.50. The van der Waals surface area contributed by atoms with Crippen LogP contribution in [0.25, 0.3) is 0 Å². The Labute approximate surface area is 229 Å². The molecular formula is C32H61N3O2. The molecule has 2 fully saturated rings. The summed E-state index contributed by atoms with van der Waals surface area (Å²) in [5.41, 5.74) is 9.73. The van der Waals surface area contributed by atoms with Crippen molar-refractivity contribution in [3.8, 4) is 0 Å². The Balaban J connectivity index is 2.53. The predicted molar refractivity (Wildman–Crippen MR) is 159 cm³/mol. The molecule has 216 valence electrons. The summed E-state index contributed by atoms with van der Waals surface area (Å²) in [5.74, 6) is 1.62. The highest BCUT2D eigenvalue weighted by molar-refractivity contribution is 5.88. The van der Waals surface area contributed by atoms with E-state index in [9.17, 15) is 0 Å². The highest BCUT2D eigenvalue weighted by Gasteiger charge is 2.42. The molecule has 0 radical (unpaired) electrons. The van der Waals surface area contributed by atoms with Crippen LogP contribution < -0.4 is 11.1 Å². The zero-order valence-corrected chi connectivity index (χ0v) is 26.0. The Morgan fingerprint density at radius 2 is 1.76 bits per heavy atom. The van der Waals surface area contributed by atoms with Crippen LogP contribution in [0.15, 0.2) is 17.3 Å². The lowest BCUT2D eigenvalue weighted by atomic mass is 9.62. The van der Waals surface area contributed by atoms with E-state index >= 15 is 0 Å². The molecule has 0 aromatic rings. The van der Waals surface area contributed by atoms with Gasteiger partial charge in [-0.1, -0.05) is 92.5 Å². The van der Waals surface area contributed by atoms with Gasteiger partial charge in [0, 0.05) is 31.5 Å². The first-order chi connectivity index (χ1) is 17.3. The summed E-state index contributed by atoms with van der Waals surface area (Å²) in [5, 5.41) is 8.39. The number of ether oxygens (including phenoxy) is 1. The second-order valence-corrected chi connectivity index (χ2v) is 13.6. The van der Waals surface area contributed by atoms with Crippen LogP contribution in [0, 0.1) is 40.4 Å². The minimum atomic E-state index is -0.0733. The number of oxime groups is 1. The normalized spacial score (nSPS) is 41.8. The summed E-state index contributed by atoms with van der Waals surface area (Å²) in [6.07, 6.45) is 7.88. The van der Waals surface area contributed by atoms with E-state index in [4.69, 9.17) is 20.5 Å². The van der Waals surface area contributed by atoms with Crippen LogP contribution in [0.4, 0.5) is 0 Å². The van der Waals surface area contributed by atoms with Gasteiger partial charge in [0.05, 0.1) is 11.8 Å². The maximum absolute atomic E-state index is 7.19. The fourth-order valence-electron chi connectivity index (χ4n) is 7.47. The lowest BCUT2D eigenvalue weighted by molar-refractivity contribution is 0.00466. The molecule has 0 aromatic carbocycles.